The molecule has 4 heteroatoms. The molecule has 0 unspecified atom stereocenters. The van der Waals surface area contributed by atoms with Gasteiger partial charge in [-0.1, -0.05) is 55.8 Å². The lowest BCUT2D eigenvalue weighted by Crippen LogP contribution is -2.48. The highest BCUT2D eigenvalue weighted by atomic mass is 35.5. The van der Waals surface area contributed by atoms with Crippen LogP contribution in [0.3, 0.4) is 0 Å². The number of hydrogen-bond donors (Lipinski definition) is 0. The van der Waals surface area contributed by atoms with E-state index in [-0.39, 0.29) is 0 Å². The lowest BCUT2D eigenvalue weighted by molar-refractivity contribution is -0.131. The van der Waals surface area contributed by atoms with Gasteiger partial charge in [0.15, 0.2) is 0 Å². The number of hydrogen-bond acceptors (Lipinski definition) is 2. The molecule has 0 radical (unpaired) electrons. The van der Waals surface area contributed by atoms with Crippen LogP contribution in [-0.4, -0.2) is 37.0 Å². The molecule has 0 N–H and O–H groups in total. The maximum Gasteiger partial charge on any atom is 0.222 e. The smallest absolute Gasteiger partial charge is 0.222 e. The summed E-state index contributed by atoms with van der Waals surface area (Å²) < 4.78 is 0. The molecule has 126 valence electrons. The van der Waals surface area contributed by atoms with Gasteiger partial charge in [-0.15, -0.1) is 0 Å². The monoisotopic (exact) mass is 334 g/mol. The lowest BCUT2D eigenvalue weighted by Gasteiger charge is -2.36. The summed E-state index contributed by atoms with van der Waals surface area (Å²) in [6.45, 7) is 3.38. The molecule has 1 saturated carbocycles. The molecule has 0 bridgehead atoms. The number of amides is 1. The molecule has 1 heterocycles. The molecule has 1 amide bonds. The maximum atomic E-state index is 12.4. The molecular weight excluding hydrogens is 308 g/mol. The highest BCUT2D eigenvalue weighted by Gasteiger charge is 2.23. The van der Waals surface area contributed by atoms with Crippen LogP contribution in [0.1, 0.15) is 44.9 Å². The van der Waals surface area contributed by atoms with E-state index in [9.17, 15) is 4.79 Å². The normalized spacial score (nSPS) is 19.9. The van der Waals surface area contributed by atoms with Crippen LogP contribution >= 0.6 is 11.6 Å². The van der Waals surface area contributed by atoms with Crippen molar-refractivity contribution >= 4 is 23.2 Å². The Kier molecular flexibility index (Phi) is 5.82. The van der Waals surface area contributed by atoms with Gasteiger partial charge in [0.05, 0.1) is 10.7 Å². The second-order valence-electron chi connectivity index (χ2n) is 6.86. The third-order valence-electron chi connectivity index (χ3n) is 5.32. The van der Waals surface area contributed by atoms with Gasteiger partial charge in [-0.3, -0.25) is 4.79 Å². The standard InChI is InChI=1S/C19H27ClN2O/c20-17-8-4-5-9-18(17)21-12-14-22(15-13-21)19(23)11-10-16-6-2-1-3-7-16/h4-5,8-9,16H,1-3,6-7,10-15H2. The fraction of sp³-hybridized carbons (Fsp3) is 0.632. The maximum absolute atomic E-state index is 12.4. The first-order chi connectivity index (χ1) is 11.2. The van der Waals surface area contributed by atoms with E-state index in [0.29, 0.717) is 5.91 Å². The van der Waals surface area contributed by atoms with Gasteiger partial charge in [-0.05, 0) is 24.5 Å². The summed E-state index contributed by atoms with van der Waals surface area (Å²) in [5, 5.41) is 0.796. The fourth-order valence-electron chi connectivity index (χ4n) is 3.87. The summed E-state index contributed by atoms with van der Waals surface area (Å²) >= 11 is 6.27. The van der Waals surface area contributed by atoms with E-state index in [1.165, 1.54) is 32.1 Å². The van der Waals surface area contributed by atoms with E-state index < -0.39 is 0 Å². The van der Waals surface area contributed by atoms with Crippen molar-refractivity contribution in [2.45, 2.75) is 44.9 Å². The number of anilines is 1. The molecule has 1 aliphatic carbocycles. The van der Waals surface area contributed by atoms with Crippen LogP contribution in [0, 0.1) is 5.92 Å². The van der Waals surface area contributed by atoms with Crippen LogP contribution in [0.2, 0.25) is 5.02 Å². The first kappa shape index (κ1) is 16.6. The lowest BCUT2D eigenvalue weighted by atomic mass is 9.86. The van der Waals surface area contributed by atoms with Crippen molar-refractivity contribution < 1.29 is 4.79 Å². The summed E-state index contributed by atoms with van der Waals surface area (Å²) in [6, 6.07) is 7.96. The van der Waals surface area contributed by atoms with E-state index in [1.54, 1.807) is 0 Å². The molecule has 2 aliphatic rings. The minimum absolute atomic E-state index is 0.342. The van der Waals surface area contributed by atoms with Gasteiger partial charge < -0.3 is 9.80 Å². The zero-order valence-corrected chi connectivity index (χ0v) is 14.6. The Morgan fingerprint density at radius 3 is 2.43 bits per heavy atom. The zero-order valence-electron chi connectivity index (χ0n) is 13.8. The van der Waals surface area contributed by atoms with Crippen LogP contribution < -0.4 is 4.90 Å². The van der Waals surface area contributed by atoms with Crippen molar-refractivity contribution in [2.75, 3.05) is 31.1 Å². The number of carbonyl (C=O) groups excluding carboxylic acids is 1. The van der Waals surface area contributed by atoms with Gasteiger partial charge in [0, 0.05) is 32.6 Å². The fourth-order valence-corrected chi connectivity index (χ4v) is 4.12. The summed E-state index contributed by atoms with van der Waals surface area (Å²) in [5.41, 5.74) is 1.09. The van der Waals surface area contributed by atoms with Gasteiger partial charge in [0.1, 0.15) is 0 Å². The molecule has 3 nitrogen and oxygen atoms in total. The average Bonchev–Trinajstić information content (AvgIpc) is 2.61. The SMILES string of the molecule is O=C(CCC1CCCCC1)N1CCN(c2ccccc2Cl)CC1. The van der Waals surface area contributed by atoms with Crippen molar-refractivity contribution in [3.63, 3.8) is 0 Å². The van der Waals surface area contributed by atoms with Gasteiger partial charge in [0.25, 0.3) is 0 Å². The summed E-state index contributed by atoms with van der Waals surface area (Å²) in [4.78, 5) is 16.8. The Balaban J connectivity index is 1.45. The molecule has 0 aromatic heterocycles. The van der Waals surface area contributed by atoms with Crippen LogP contribution in [0.25, 0.3) is 0 Å². The molecule has 0 spiro atoms. The molecule has 1 saturated heterocycles. The van der Waals surface area contributed by atoms with E-state index in [4.69, 9.17) is 11.6 Å². The van der Waals surface area contributed by atoms with Crippen molar-refractivity contribution in [2.24, 2.45) is 5.92 Å². The van der Waals surface area contributed by atoms with Crippen molar-refractivity contribution in [1.29, 1.82) is 0 Å². The molecule has 23 heavy (non-hydrogen) atoms. The molecular formula is C19H27ClN2O. The Hall–Kier alpha value is -1.22. The van der Waals surface area contributed by atoms with Crippen molar-refractivity contribution in [1.82, 2.24) is 4.90 Å². The highest BCUT2D eigenvalue weighted by molar-refractivity contribution is 6.33. The van der Waals surface area contributed by atoms with Crippen LogP contribution in [0.5, 0.6) is 0 Å². The van der Waals surface area contributed by atoms with Gasteiger partial charge in [-0.25, -0.2) is 0 Å². The van der Waals surface area contributed by atoms with Crippen LogP contribution in [0.4, 0.5) is 5.69 Å². The van der Waals surface area contributed by atoms with E-state index >= 15 is 0 Å². The minimum Gasteiger partial charge on any atom is -0.367 e. The number of benzene rings is 1. The van der Waals surface area contributed by atoms with Gasteiger partial charge in [-0.2, -0.15) is 0 Å². The molecule has 3 rings (SSSR count). The number of halogens is 1. The Morgan fingerprint density at radius 1 is 1.04 bits per heavy atom. The highest BCUT2D eigenvalue weighted by Crippen LogP contribution is 2.28. The minimum atomic E-state index is 0.342. The summed E-state index contributed by atoms with van der Waals surface area (Å²) in [7, 11) is 0. The third-order valence-corrected chi connectivity index (χ3v) is 5.64. The summed E-state index contributed by atoms with van der Waals surface area (Å²) in [5.74, 6) is 1.13. The third kappa shape index (κ3) is 4.41. The average molecular weight is 335 g/mol. The second kappa shape index (κ2) is 8.05. The molecule has 1 aromatic rings. The second-order valence-corrected chi connectivity index (χ2v) is 7.27. The topological polar surface area (TPSA) is 23.6 Å². The Morgan fingerprint density at radius 2 is 1.74 bits per heavy atom. The number of nitrogens with zero attached hydrogens (tertiary/aromatic N) is 2. The number of carbonyl (C=O) groups is 1. The van der Waals surface area contributed by atoms with E-state index in [1.807, 2.05) is 23.1 Å². The molecule has 0 atom stereocenters. The van der Waals surface area contributed by atoms with Gasteiger partial charge in [0.2, 0.25) is 5.91 Å². The predicted octanol–water partition coefficient (Wildman–Crippen LogP) is 4.35. The number of rotatable bonds is 4. The number of para-hydroxylation sites is 1. The van der Waals surface area contributed by atoms with Crippen LogP contribution in [-0.2, 0) is 4.79 Å². The zero-order chi connectivity index (χ0) is 16.1. The predicted molar refractivity (Wildman–Crippen MR) is 96.1 cm³/mol. The van der Waals surface area contributed by atoms with Crippen LogP contribution in [0.15, 0.2) is 24.3 Å². The summed E-state index contributed by atoms with van der Waals surface area (Å²) in [6.07, 6.45) is 8.57. The quantitative estimate of drug-likeness (QED) is 0.817. The van der Waals surface area contributed by atoms with Crippen molar-refractivity contribution in [3.05, 3.63) is 29.3 Å². The van der Waals surface area contributed by atoms with Crippen molar-refractivity contribution in [3.8, 4) is 0 Å². The largest absolute Gasteiger partial charge is 0.367 e. The first-order valence-electron chi connectivity index (χ1n) is 9.01. The Bertz CT molecular complexity index is 520. The first-order valence-corrected chi connectivity index (χ1v) is 9.39. The Labute approximate surface area is 144 Å². The van der Waals surface area contributed by atoms with Gasteiger partial charge >= 0.3 is 0 Å². The number of piperazine rings is 1. The molecule has 1 aliphatic heterocycles. The van der Waals surface area contributed by atoms with E-state index in [2.05, 4.69) is 11.0 Å². The van der Waals surface area contributed by atoms with E-state index in [0.717, 1.165) is 55.6 Å². The molecule has 1 aromatic carbocycles. The molecule has 2 fully saturated rings.